The fraction of sp³-hybridized carbons (Fsp3) is 0.316. The lowest BCUT2D eigenvalue weighted by Gasteiger charge is -2.24. The van der Waals surface area contributed by atoms with E-state index < -0.39 is 12.1 Å². The summed E-state index contributed by atoms with van der Waals surface area (Å²) in [6.07, 6.45) is -0.696. The summed E-state index contributed by atoms with van der Waals surface area (Å²) in [5.74, 6) is -0.654. The van der Waals surface area contributed by atoms with Gasteiger partial charge in [0.1, 0.15) is 6.10 Å². The monoisotopic (exact) mass is 298 g/mol. The van der Waals surface area contributed by atoms with E-state index in [1.165, 1.54) is 0 Å². The van der Waals surface area contributed by atoms with Crippen molar-refractivity contribution in [3.05, 3.63) is 71.8 Å². The second-order valence-electron chi connectivity index (χ2n) is 5.79. The van der Waals surface area contributed by atoms with Crippen LogP contribution in [0.4, 0.5) is 0 Å². The Morgan fingerprint density at radius 2 is 1.41 bits per heavy atom. The standard InChI is InChI=1S/C19H22O3/c1-14(2)13-17(19(20)21)22-18(15-9-5-3-6-10-15)16-11-7-4-8-12-16/h3-12,14,17-18H,13H2,1-2H3,(H,20,21). The topological polar surface area (TPSA) is 46.5 Å². The SMILES string of the molecule is CC(C)CC(OC(c1ccccc1)c1ccccc1)C(=O)O. The fourth-order valence-electron chi connectivity index (χ4n) is 2.41. The number of carbonyl (C=O) groups is 1. The van der Waals surface area contributed by atoms with E-state index in [0.717, 1.165) is 11.1 Å². The third kappa shape index (κ3) is 4.43. The Hall–Kier alpha value is -2.13. The molecule has 116 valence electrons. The molecule has 1 unspecified atom stereocenters. The molecule has 0 bridgehead atoms. The van der Waals surface area contributed by atoms with Crippen molar-refractivity contribution in [2.75, 3.05) is 0 Å². The number of rotatable bonds is 7. The summed E-state index contributed by atoms with van der Waals surface area (Å²) in [6.45, 7) is 4.00. The van der Waals surface area contributed by atoms with Gasteiger partial charge in [-0.15, -0.1) is 0 Å². The molecule has 0 heterocycles. The number of hydrogen-bond acceptors (Lipinski definition) is 2. The molecular weight excluding hydrogens is 276 g/mol. The van der Waals surface area contributed by atoms with Crippen LogP contribution in [0.15, 0.2) is 60.7 Å². The van der Waals surface area contributed by atoms with Crippen LogP contribution in [0.3, 0.4) is 0 Å². The molecule has 2 aromatic rings. The van der Waals surface area contributed by atoms with Crippen molar-refractivity contribution in [2.24, 2.45) is 5.92 Å². The number of benzene rings is 2. The van der Waals surface area contributed by atoms with Crippen molar-refractivity contribution >= 4 is 5.97 Å². The zero-order valence-corrected chi connectivity index (χ0v) is 13.0. The van der Waals surface area contributed by atoms with Crippen LogP contribution in [0.1, 0.15) is 37.5 Å². The number of aliphatic carboxylic acids is 1. The van der Waals surface area contributed by atoms with Crippen LogP contribution in [-0.2, 0) is 9.53 Å². The molecule has 0 radical (unpaired) electrons. The molecule has 3 nitrogen and oxygen atoms in total. The van der Waals surface area contributed by atoms with E-state index in [1.54, 1.807) is 0 Å². The Morgan fingerprint density at radius 1 is 0.955 bits per heavy atom. The molecule has 2 rings (SSSR count). The van der Waals surface area contributed by atoms with Gasteiger partial charge in [0.15, 0.2) is 6.10 Å². The van der Waals surface area contributed by atoms with Crippen LogP contribution in [0.25, 0.3) is 0 Å². The molecule has 0 amide bonds. The Balaban J connectivity index is 2.30. The maximum absolute atomic E-state index is 11.5. The van der Waals surface area contributed by atoms with Crippen molar-refractivity contribution in [1.29, 1.82) is 0 Å². The second kappa shape index (κ2) is 7.76. The van der Waals surface area contributed by atoms with E-state index in [0.29, 0.717) is 6.42 Å². The first-order valence-corrected chi connectivity index (χ1v) is 7.56. The summed E-state index contributed by atoms with van der Waals surface area (Å²) in [7, 11) is 0. The Labute approximate surface area is 131 Å². The number of carboxylic acids is 1. The summed E-state index contributed by atoms with van der Waals surface area (Å²) < 4.78 is 6.00. The van der Waals surface area contributed by atoms with Gasteiger partial charge in [0.25, 0.3) is 0 Å². The highest BCUT2D eigenvalue weighted by molar-refractivity contribution is 5.72. The van der Waals surface area contributed by atoms with Crippen molar-refractivity contribution < 1.29 is 14.6 Å². The number of hydrogen-bond donors (Lipinski definition) is 1. The van der Waals surface area contributed by atoms with Crippen LogP contribution in [-0.4, -0.2) is 17.2 Å². The molecule has 1 atom stereocenters. The number of ether oxygens (including phenoxy) is 1. The smallest absolute Gasteiger partial charge is 0.332 e. The molecule has 0 aliphatic heterocycles. The third-order valence-electron chi connectivity index (χ3n) is 3.47. The van der Waals surface area contributed by atoms with E-state index in [9.17, 15) is 9.90 Å². The van der Waals surface area contributed by atoms with Crippen molar-refractivity contribution in [3.63, 3.8) is 0 Å². The van der Waals surface area contributed by atoms with Crippen molar-refractivity contribution in [3.8, 4) is 0 Å². The Kier molecular flexibility index (Phi) is 5.73. The molecule has 0 aliphatic carbocycles. The summed E-state index contributed by atoms with van der Waals surface area (Å²) in [5.41, 5.74) is 1.92. The number of carboxylic acid groups (broad SMARTS) is 1. The molecule has 2 aromatic carbocycles. The molecule has 0 aliphatic rings. The van der Waals surface area contributed by atoms with Crippen LogP contribution >= 0.6 is 0 Å². The van der Waals surface area contributed by atoms with E-state index in [-0.39, 0.29) is 12.0 Å². The van der Waals surface area contributed by atoms with Crippen LogP contribution in [0.2, 0.25) is 0 Å². The van der Waals surface area contributed by atoms with Gasteiger partial charge in [-0.1, -0.05) is 74.5 Å². The normalized spacial score (nSPS) is 12.5. The summed E-state index contributed by atoms with van der Waals surface area (Å²) >= 11 is 0. The maximum atomic E-state index is 11.5. The quantitative estimate of drug-likeness (QED) is 0.829. The van der Waals surface area contributed by atoms with E-state index in [4.69, 9.17) is 4.74 Å². The molecule has 0 saturated carbocycles. The minimum absolute atomic E-state index is 0.258. The highest BCUT2D eigenvalue weighted by atomic mass is 16.5. The maximum Gasteiger partial charge on any atom is 0.332 e. The van der Waals surface area contributed by atoms with Crippen molar-refractivity contribution in [1.82, 2.24) is 0 Å². The van der Waals surface area contributed by atoms with E-state index >= 15 is 0 Å². The van der Waals surface area contributed by atoms with Crippen LogP contribution < -0.4 is 0 Å². The lowest BCUT2D eigenvalue weighted by atomic mass is 10.00. The van der Waals surface area contributed by atoms with Gasteiger partial charge in [-0.3, -0.25) is 0 Å². The molecule has 0 saturated heterocycles. The first-order valence-electron chi connectivity index (χ1n) is 7.56. The van der Waals surface area contributed by atoms with Crippen LogP contribution in [0.5, 0.6) is 0 Å². The van der Waals surface area contributed by atoms with Gasteiger partial charge in [-0.25, -0.2) is 4.79 Å². The van der Waals surface area contributed by atoms with Crippen LogP contribution in [0, 0.1) is 5.92 Å². The molecule has 1 N–H and O–H groups in total. The van der Waals surface area contributed by atoms with Crippen molar-refractivity contribution in [2.45, 2.75) is 32.5 Å². The third-order valence-corrected chi connectivity index (χ3v) is 3.47. The van der Waals surface area contributed by atoms with E-state index in [1.807, 2.05) is 74.5 Å². The van der Waals surface area contributed by atoms with Gasteiger partial charge >= 0.3 is 5.97 Å². The lowest BCUT2D eigenvalue weighted by molar-refractivity contribution is -0.154. The predicted octanol–water partition coefficient (Wildman–Crippen LogP) is 4.29. The summed E-state index contributed by atoms with van der Waals surface area (Å²) in [6, 6.07) is 19.5. The average Bonchev–Trinajstić information content (AvgIpc) is 2.52. The molecule has 0 spiro atoms. The van der Waals surface area contributed by atoms with Gasteiger partial charge < -0.3 is 9.84 Å². The Bertz CT molecular complexity index is 539. The first kappa shape index (κ1) is 16.2. The molecule has 0 fully saturated rings. The highest BCUT2D eigenvalue weighted by Crippen LogP contribution is 2.28. The summed E-state index contributed by atoms with van der Waals surface area (Å²) in [5, 5.41) is 9.44. The minimum atomic E-state index is -0.912. The fourth-order valence-corrected chi connectivity index (χ4v) is 2.41. The van der Waals surface area contributed by atoms with Gasteiger partial charge in [-0.05, 0) is 23.5 Å². The first-order chi connectivity index (χ1) is 10.6. The van der Waals surface area contributed by atoms with Gasteiger partial charge in [0, 0.05) is 0 Å². The molecule has 3 heteroatoms. The summed E-state index contributed by atoms with van der Waals surface area (Å²) in [4.78, 5) is 11.5. The Morgan fingerprint density at radius 3 is 1.77 bits per heavy atom. The zero-order valence-electron chi connectivity index (χ0n) is 13.0. The van der Waals surface area contributed by atoms with Gasteiger partial charge in [0.2, 0.25) is 0 Å². The average molecular weight is 298 g/mol. The van der Waals surface area contributed by atoms with Gasteiger partial charge in [-0.2, -0.15) is 0 Å². The molecule has 22 heavy (non-hydrogen) atoms. The predicted molar refractivity (Wildman–Crippen MR) is 86.7 cm³/mol. The highest BCUT2D eigenvalue weighted by Gasteiger charge is 2.25. The molecular formula is C19H22O3. The second-order valence-corrected chi connectivity index (χ2v) is 5.79. The van der Waals surface area contributed by atoms with Gasteiger partial charge in [0.05, 0.1) is 0 Å². The lowest BCUT2D eigenvalue weighted by Crippen LogP contribution is -2.28. The molecule has 0 aromatic heterocycles. The largest absolute Gasteiger partial charge is 0.479 e. The minimum Gasteiger partial charge on any atom is -0.479 e. The zero-order chi connectivity index (χ0) is 15.9. The van der Waals surface area contributed by atoms with E-state index in [2.05, 4.69) is 0 Å².